The van der Waals surface area contributed by atoms with E-state index in [1.165, 1.54) is 10.4 Å². The SMILES string of the molecule is COc1ccc(Br)c2c1-c1nc(N=Cc3ccc(Br)o3)sc1C2. The molecule has 1 aromatic carbocycles. The average Bonchev–Trinajstić information content (AvgIpc) is 3.20. The number of aliphatic imine (C=N–C) groups is 1. The summed E-state index contributed by atoms with van der Waals surface area (Å²) in [5.41, 5.74) is 3.26. The maximum atomic E-state index is 5.50. The molecule has 0 aliphatic heterocycles. The molecule has 4 rings (SSSR count). The lowest BCUT2D eigenvalue weighted by atomic mass is 10.1. The number of thiazole rings is 1. The molecule has 4 nitrogen and oxygen atoms in total. The summed E-state index contributed by atoms with van der Waals surface area (Å²) in [5.74, 6) is 1.53. The fraction of sp³-hybridized carbons (Fsp3) is 0.125. The molecule has 23 heavy (non-hydrogen) atoms. The standard InChI is InChI=1S/C16H10Br2N2O2S/c1-21-11-4-3-10(17)9-6-12-15(14(9)11)20-16(23-12)19-7-8-2-5-13(18)22-8/h2-5,7H,6H2,1H3. The van der Waals surface area contributed by atoms with Gasteiger partial charge in [0.05, 0.1) is 19.0 Å². The van der Waals surface area contributed by atoms with Gasteiger partial charge in [-0.05, 0) is 45.8 Å². The molecular weight excluding hydrogens is 444 g/mol. The highest BCUT2D eigenvalue weighted by atomic mass is 79.9. The molecule has 0 bridgehead atoms. The number of fused-ring (bicyclic) bond motifs is 3. The number of furan rings is 1. The number of ether oxygens (including phenoxy) is 1. The van der Waals surface area contributed by atoms with Crippen molar-refractivity contribution in [3.63, 3.8) is 0 Å². The molecule has 1 aliphatic rings. The smallest absolute Gasteiger partial charge is 0.210 e. The second-order valence-electron chi connectivity index (χ2n) is 4.95. The van der Waals surface area contributed by atoms with Crippen molar-refractivity contribution in [2.45, 2.75) is 6.42 Å². The van der Waals surface area contributed by atoms with Crippen LogP contribution in [-0.2, 0) is 6.42 Å². The molecule has 1 aliphatic carbocycles. The third kappa shape index (κ3) is 2.66. The van der Waals surface area contributed by atoms with Gasteiger partial charge in [0, 0.05) is 21.3 Å². The van der Waals surface area contributed by atoms with Crippen LogP contribution in [0.25, 0.3) is 11.3 Å². The fourth-order valence-electron chi connectivity index (χ4n) is 2.59. The van der Waals surface area contributed by atoms with Gasteiger partial charge in [-0.2, -0.15) is 0 Å². The lowest BCUT2D eigenvalue weighted by Gasteiger charge is -2.08. The van der Waals surface area contributed by atoms with Crippen LogP contribution in [0.5, 0.6) is 5.75 Å². The summed E-state index contributed by atoms with van der Waals surface area (Å²) in [6.45, 7) is 0. The number of methoxy groups -OCH3 is 1. The number of nitrogens with zero attached hydrogens (tertiary/aromatic N) is 2. The van der Waals surface area contributed by atoms with Crippen LogP contribution in [0.1, 0.15) is 16.2 Å². The first-order valence-corrected chi connectivity index (χ1v) is 9.21. The lowest BCUT2D eigenvalue weighted by molar-refractivity contribution is 0.416. The van der Waals surface area contributed by atoms with Gasteiger partial charge in [-0.25, -0.2) is 9.98 Å². The number of aromatic nitrogens is 1. The van der Waals surface area contributed by atoms with E-state index in [1.54, 1.807) is 24.7 Å². The van der Waals surface area contributed by atoms with E-state index in [9.17, 15) is 0 Å². The van der Waals surface area contributed by atoms with Crippen molar-refractivity contribution >= 4 is 54.5 Å². The molecule has 2 heterocycles. The normalized spacial score (nSPS) is 12.7. The molecule has 7 heteroatoms. The predicted molar refractivity (Wildman–Crippen MR) is 98.3 cm³/mol. The van der Waals surface area contributed by atoms with Crippen molar-refractivity contribution in [3.05, 3.63) is 49.6 Å². The van der Waals surface area contributed by atoms with Crippen LogP contribution in [0.3, 0.4) is 0 Å². The molecule has 0 fully saturated rings. The highest BCUT2D eigenvalue weighted by molar-refractivity contribution is 9.10. The van der Waals surface area contributed by atoms with Crippen molar-refractivity contribution < 1.29 is 9.15 Å². The second kappa shape index (κ2) is 5.89. The van der Waals surface area contributed by atoms with Crippen molar-refractivity contribution in [1.82, 2.24) is 4.98 Å². The molecule has 0 N–H and O–H groups in total. The van der Waals surface area contributed by atoms with Crippen LogP contribution in [0.2, 0.25) is 0 Å². The largest absolute Gasteiger partial charge is 0.496 e. The van der Waals surface area contributed by atoms with Crippen LogP contribution in [0, 0.1) is 0 Å². The molecular formula is C16H10Br2N2O2S. The van der Waals surface area contributed by atoms with E-state index in [4.69, 9.17) is 9.15 Å². The Hall–Kier alpha value is -1.44. The zero-order valence-electron chi connectivity index (χ0n) is 12.0. The summed E-state index contributed by atoms with van der Waals surface area (Å²) >= 11 is 8.48. The number of hydrogen-bond acceptors (Lipinski definition) is 5. The first kappa shape index (κ1) is 15.1. The number of hydrogen-bond donors (Lipinski definition) is 0. The number of benzene rings is 1. The molecule has 0 saturated carbocycles. The summed E-state index contributed by atoms with van der Waals surface area (Å²) in [6.07, 6.45) is 2.53. The maximum absolute atomic E-state index is 5.50. The van der Waals surface area contributed by atoms with Crippen molar-refractivity contribution in [2.75, 3.05) is 7.11 Å². The Balaban J connectivity index is 1.72. The fourth-order valence-corrected chi connectivity index (χ4v) is 4.30. The summed E-state index contributed by atoms with van der Waals surface area (Å²) in [4.78, 5) is 10.3. The Kier molecular flexibility index (Phi) is 3.87. The molecule has 0 spiro atoms. The molecule has 2 aromatic heterocycles. The van der Waals surface area contributed by atoms with Crippen molar-refractivity contribution in [3.8, 4) is 17.0 Å². The van der Waals surface area contributed by atoms with Crippen LogP contribution in [0.4, 0.5) is 5.13 Å². The van der Waals surface area contributed by atoms with E-state index >= 15 is 0 Å². The molecule has 0 saturated heterocycles. The Bertz CT molecular complexity index is 930. The summed E-state index contributed by atoms with van der Waals surface area (Å²) in [6, 6.07) is 7.66. The minimum absolute atomic E-state index is 0.684. The van der Waals surface area contributed by atoms with Crippen LogP contribution in [0.15, 0.2) is 42.8 Å². The van der Waals surface area contributed by atoms with E-state index < -0.39 is 0 Å². The highest BCUT2D eigenvalue weighted by Gasteiger charge is 2.28. The van der Waals surface area contributed by atoms with Gasteiger partial charge in [0.25, 0.3) is 0 Å². The monoisotopic (exact) mass is 452 g/mol. The quantitative estimate of drug-likeness (QED) is 0.380. The minimum Gasteiger partial charge on any atom is -0.496 e. The molecule has 0 atom stereocenters. The Morgan fingerprint density at radius 3 is 2.91 bits per heavy atom. The van der Waals surface area contributed by atoms with Gasteiger partial charge >= 0.3 is 0 Å². The van der Waals surface area contributed by atoms with Crippen molar-refractivity contribution in [2.24, 2.45) is 4.99 Å². The zero-order chi connectivity index (χ0) is 16.0. The van der Waals surface area contributed by atoms with E-state index in [-0.39, 0.29) is 0 Å². The Labute approximate surface area is 153 Å². The molecule has 0 amide bonds. The first-order chi connectivity index (χ1) is 11.2. The number of rotatable bonds is 3. The second-order valence-corrected chi connectivity index (χ2v) is 7.65. The van der Waals surface area contributed by atoms with E-state index in [2.05, 4.69) is 41.8 Å². The third-order valence-electron chi connectivity index (χ3n) is 3.59. The van der Waals surface area contributed by atoms with Gasteiger partial charge in [-0.1, -0.05) is 27.3 Å². The molecule has 3 aromatic rings. The summed E-state index contributed by atoms with van der Waals surface area (Å²) < 4.78 is 12.7. The lowest BCUT2D eigenvalue weighted by Crippen LogP contribution is -1.90. The van der Waals surface area contributed by atoms with Crippen molar-refractivity contribution in [1.29, 1.82) is 0 Å². The summed E-state index contributed by atoms with van der Waals surface area (Å²) in [7, 11) is 1.68. The van der Waals surface area contributed by atoms with Gasteiger partial charge < -0.3 is 9.15 Å². The zero-order valence-corrected chi connectivity index (χ0v) is 16.0. The van der Waals surface area contributed by atoms with Gasteiger partial charge in [-0.15, -0.1) is 0 Å². The van der Waals surface area contributed by atoms with Gasteiger partial charge in [0.1, 0.15) is 11.5 Å². The Morgan fingerprint density at radius 2 is 2.17 bits per heavy atom. The predicted octanol–water partition coefficient (Wildman–Crippen LogP) is 5.59. The third-order valence-corrected chi connectivity index (χ3v) is 5.73. The van der Waals surface area contributed by atoms with E-state index in [0.29, 0.717) is 10.4 Å². The first-order valence-electron chi connectivity index (χ1n) is 6.80. The minimum atomic E-state index is 0.684. The topological polar surface area (TPSA) is 47.6 Å². The Morgan fingerprint density at radius 1 is 1.30 bits per heavy atom. The van der Waals surface area contributed by atoms with Crippen LogP contribution >= 0.6 is 43.2 Å². The molecule has 0 radical (unpaired) electrons. The highest BCUT2D eigenvalue weighted by Crippen LogP contribution is 2.48. The maximum Gasteiger partial charge on any atom is 0.210 e. The molecule has 0 unspecified atom stereocenters. The van der Waals surface area contributed by atoms with Crippen LogP contribution < -0.4 is 4.74 Å². The molecule has 116 valence electrons. The summed E-state index contributed by atoms with van der Waals surface area (Å²) in [5, 5.41) is 0.718. The van der Waals surface area contributed by atoms with Gasteiger partial charge in [0.2, 0.25) is 5.13 Å². The average molecular weight is 454 g/mol. The van der Waals surface area contributed by atoms with E-state index in [1.807, 2.05) is 24.3 Å². The van der Waals surface area contributed by atoms with Gasteiger partial charge in [0.15, 0.2) is 4.67 Å². The number of halogens is 2. The van der Waals surface area contributed by atoms with E-state index in [0.717, 1.165) is 33.0 Å². The van der Waals surface area contributed by atoms with Gasteiger partial charge in [-0.3, -0.25) is 0 Å². The van der Waals surface area contributed by atoms with Crippen LogP contribution in [-0.4, -0.2) is 18.3 Å².